The first-order valence-corrected chi connectivity index (χ1v) is 7.11. The van der Waals surface area contributed by atoms with Crippen LogP contribution in [0, 0.1) is 11.8 Å². The Morgan fingerprint density at radius 1 is 1.19 bits per heavy atom. The third-order valence-corrected chi connectivity index (χ3v) is 3.61. The molecular formula is C14H30N2. The van der Waals surface area contributed by atoms with E-state index >= 15 is 0 Å². The average Bonchev–Trinajstić information content (AvgIpc) is 2.43. The maximum atomic E-state index is 3.55. The lowest BCUT2D eigenvalue weighted by molar-refractivity contribution is 0.280. The Morgan fingerprint density at radius 3 is 2.75 bits per heavy atom. The summed E-state index contributed by atoms with van der Waals surface area (Å²) >= 11 is 0. The Balaban J connectivity index is 1.99. The summed E-state index contributed by atoms with van der Waals surface area (Å²) in [5.74, 6) is 1.77. The van der Waals surface area contributed by atoms with Crippen LogP contribution in [0.2, 0.25) is 0 Å². The van der Waals surface area contributed by atoms with Crippen LogP contribution in [0.5, 0.6) is 0 Å². The monoisotopic (exact) mass is 226 g/mol. The van der Waals surface area contributed by atoms with Crippen molar-refractivity contribution >= 4 is 0 Å². The van der Waals surface area contributed by atoms with Crippen molar-refractivity contribution < 1.29 is 0 Å². The lowest BCUT2D eigenvalue weighted by Gasteiger charge is -2.20. The number of likely N-dealkylation sites (tertiary alicyclic amines) is 1. The van der Waals surface area contributed by atoms with Crippen LogP contribution in [0.3, 0.4) is 0 Å². The molecule has 2 nitrogen and oxygen atoms in total. The van der Waals surface area contributed by atoms with Gasteiger partial charge in [-0.05, 0) is 57.2 Å². The second-order valence-corrected chi connectivity index (χ2v) is 5.81. The van der Waals surface area contributed by atoms with E-state index in [-0.39, 0.29) is 0 Å². The normalized spacial score (nSPS) is 23.6. The minimum atomic E-state index is 0.825. The van der Waals surface area contributed by atoms with Crippen LogP contribution in [0.25, 0.3) is 0 Å². The summed E-state index contributed by atoms with van der Waals surface area (Å²) in [5.41, 5.74) is 0. The predicted octanol–water partition coefficient (Wildman–Crippen LogP) is 2.74. The number of hydrogen-bond donors (Lipinski definition) is 1. The molecule has 1 fully saturated rings. The van der Waals surface area contributed by atoms with Gasteiger partial charge in [0.05, 0.1) is 0 Å². The number of hydrogen-bond acceptors (Lipinski definition) is 2. The van der Waals surface area contributed by atoms with Crippen molar-refractivity contribution in [2.24, 2.45) is 11.8 Å². The van der Waals surface area contributed by atoms with Crippen molar-refractivity contribution in [2.75, 3.05) is 32.7 Å². The summed E-state index contributed by atoms with van der Waals surface area (Å²) in [7, 11) is 0. The molecule has 1 aliphatic rings. The van der Waals surface area contributed by atoms with Crippen molar-refractivity contribution in [1.29, 1.82) is 0 Å². The van der Waals surface area contributed by atoms with Crippen LogP contribution in [0.1, 0.15) is 46.5 Å². The van der Waals surface area contributed by atoms with Crippen LogP contribution in [0.15, 0.2) is 0 Å². The van der Waals surface area contributed by atoms with Gasteiger partial charge in [0.25, 0.3) is 0 Å². The smallest absolute Gasteiger partial charge is 0.0107 e. The van der Waals surface area contributed by atoms with E-state index in [9.17, 15) is 0 Å². The quantitative estimate of drug-likeness (QED) is 0.701. The predicted molar refractivity (Wildman–Crippen MR) is 71.8 cm³/mol. The van der Waals surface area contributed by atoms with Crippen molar-refractivity contribution in [1.82, 2.24) is 10.2 Å². The van der Waals surface area contributed by atoms with Gasteiger partial charge in [-0.3, -0.25) is 0 Å². The Morgan fingerprint density at radius 2 is 2.00 bits per heavy atom. The largest absolute Gasteiger partial charge is 0.315 e. The Kier molecular flexibility index (Phi) is 7.06. The molecule has 0 amide bonds. The fourth-order valence-electron chi connectivity index (χ4n) is 2.30. The van der Waals surface area contributed by atoms with Gasteiger partial charge in [-0.15, -0.1) is 0 Å². The average molecular weight is 226 g/mol. The van der Waals surface area contributed by atoms with Crippen molar-refractivity contribution in [3.8, 4) is 0 Å². The molecule has 0 aromatic heterocycles. The highest BCUT2D eigenvalue weighted by Crippen LogP contribution is 2.15. The highest BCUT2D eigenvalue weighted by molar-refractivity contribution is 4.68. The number of rotatable bonds is 6. The van der Waals surface area contributed by atoms with E-state index in [4.69, 9.17) is 0 Å². The summed E-state index contributed by atoms with van der Waals surface area (Å²) in [6.07, 6.45) is 5.52. The first-order valence-electron chi connectivity index (χ1n) is 7.11. The van der Waals surface area contributed by atoms with E-state index in [2.05, 4.69) is 31.0 Å². The minimum Gasteiger partial charge on any atom is -0.315 e. The molecule has 1 unspecified atom stereocenters. The molecule has 16 heavy (non-hydrogen) atoms. The first kappa shape index (κ1) is 14.0. The molecule has 1 N–H and O–H groups in total. The molecule has 1 aliphatic heterocycles. The fourth-order valence-corrected chi connectivity index (χ4v) is 2.30. The van der Waals surface area contributed by atoms with Gasteiger partial charge >= 0.3 is 0 Å². The third-order valence-electron chi connectivity index (χ3n) is 3.61. The highest BCUT2D eigenvalue weighted by Gasteiger charge is 2.12. The van der Waals surface area contributed by atoms with E-state index in [1.807, 2.05) is 0 Å². The first-order chi connectivity index (χ1) is 7.68. The van der Waals surface area contributed by atoms with Crippen LogP contribution in [-0.4, -0.2) is 37.6 Å². The van der Waals surface area contributed by atoms with Crippen LogP contribution >= 0.6 is 0 Å². The highest BCUT2D eigenvalue weighted by atomic mass is 15.1. The molecule has 0 aromatic rings. The second kappa shape index (κ2) is 8.08. The van der Waals surface area contributed by atoms with E-state index in [1.165, 1.54) is 58.4 Å². The summed E-state index contributed by atoms with van der Waals surface area (Å²) in [6, 6.07) is 0. The number of nitrogens with one attached hydrogen (secondary N) is 1. The molecule has 1 atom stereocenters. The third kappa shape index (κ3) is 6.49. The SMILES string of the molecule is CC(C)CCNCCN1CCCC(C)CC1. The zero-order valence-electron chi connectivity index (χ0n) is 11.5. The molecular weight excluding hydrogens is 196 g/mol. The lowest BCUT2D eigenvalue weighted by Crippen LogP contribution is -2.33. The Labute approximate surface area is 102 Å². The van der Waals surface area contributed by atoms with Gasteiger partial charge in [-0.25, -0.2) is 0 Å². The molecule has 0 aromatic carbocycles. The zero-order valence-corrected chi connectivity index (χ0v) is 11.5. The molecule has 0 saturated carbocycles. The molecule has 0 aliphatic carbocycles. The van der Waals surface area contributed by atoms with Gasteiger partial charge in [-0.1, -0.05) is 20.8 Å². The van der Waals surface area contributed by atoms with Gasteiger partial charge < -0.3 is 10.2 Å². The van der Waals surface area contributed by atoms with E-state index in [0.717, 1.165) is 11.8 Å². The Bertz CT molecular complexity index is 168. The van der Waals surface area contributed by atoms with Crippen LogP contribution in [0.4, 0.5) is 0 Å². The summed E-state index contributed by atoms with van der Waals surface area (Å²) in [4.78, 5) is 2.63. The Hall–Kier alpha value is -0.0800. The molecule has 0 radical (unpaired) electrons. The maximum absolute atomic E-state index is 3.55. The maximum Gasteiger partial charge on any atom is 0.0107 e. The van der Waals surface area contributed by atoms with E-state index in [0.29, 0.717) is 0 Å². The van der Waals surface area contributed by atoms with Gasteiger partial charge in [0.2, 0.25) is 0 Å². The number of nitrogens with zero attached hydrogens (tertiary/aromatic N) is 1. The fraction of sp³-hybridized carbons (Fsp3) is 1.00. The molecule has 1 heterocycles. The van der Waals surface area contributed by atoms with Gasteiger partial charge in [0, 0.05) is 13.1 Å². The van der Waals surface area contributed by atoms with Gasteiger partial charge in [-0.2, -0.15) is 0 Å². The molecule has 1 rings (SSSR count). The standard InChI is InChI=1S/C14H30N2/c1-13(2)6-8-15-9-12-16-10-4-5-14(3)7-11-16/h13-15H,4-12H2,1-3H3. The molecule has 96 valence electrons. The van der Waals surface area contributed by atoms with E-state index < -0.39 is 0 Å². The molecule has 0 bridgehead atoms. The lowest BCUT2D eigenvalue weighted by atomic mass is 10.0. The van der Waals surface area contributed by atoms with Gasteiger partial charge in [0.1, 0.15) is 0 Å². The minimum absolute atomic E-state index is 0.825. The molecule has 0 spiro atoms. The van der Waals surface area contributed by atoms with Gasteiger partial charge in [0.15, 0.2) is 0 Å². The summed E-state index contributed by atoms with van der Waals surface area (Å²) in [5, 5.41) is 3.55. The summed E-state index contributed by atoms with van der Waals surface area (Å²) < 4.78 is 0. The van der Waals surface area contributed by atoms with Crippen LogP contribution in [-0.2, 0) is 0 Å². The van der Waals surface area contributed by atoms with E-state index in [1.54, 1.807) is 0 Å². The van der Waals surface area contributed by atoms with Crippen molar-refractivity contribution in [3.63, 3.8) is 0 Å². The topological polar surface area (TPSA) is 15.3 Å². The summed E-state index contributed by atoms with van der Waals surface area (Å²) in [6.45, 7) is 13.2. The molecule has 1 saturated heterocycles. The van der Waals surface area contributed by atoms with Crippen LogP contribution < -0.4 is 5.32 Å². The zero-order chi connectivity index (χ0) is 11.8. The van der Waals surface area contributed by atoms with Crippen molar-refractivity contribution in [2.45, 2.75) is 46.5 Å². The second-order valence-electron chi connectivity index (χ2n) is 5.81. The van der Waals surface area contributed by atoms with Crippen molar-refractivity contribution in [3.05, 3.63) is 0 Å². The molecule has 2 heteroatoms.